The molecule has 1 heterocycles. The normalized spacial score (nSPS) is 11.0. The molecule has 0 aliphatic rings. The molecule has 0 bridgehead atoms. The Labute approximate surface area is 137 Å². The maximum atomic E-state index is 13.1. The number of hydrogen-bond donors (Lipinski definition) is 1. The summed E-state index contributed by atoms with van der Waals surface area (Å²) in [5, 5.41) is 3.21. The summed E-state index contributed by atoms with van der Waals surface area (Å²) in [6.45, 7) is 7.28. The zero-order chi connectivity index (χ0) is 16.8. The smallest absolute Gasteiger partial charge is 0.178 e. The van der Waals surface area contributed by atoms with Gasteiger partial charge < -0.3 is 9.88 Å². The molecule has 0 radical (unpaired) electrons. The predicted octanol–water partition coefficient (Wildman–Crippen LogP) is 4.20. The number of unbranched alkanes of at least 4 members (excludes halogenated alkanes) is 2. The average Bonchev–Trinajstić information content (AvgIpc) is 2.83. The van der Waals surface area contributed by atoms with Crippen LogP contribution in [0.1, 0.15) is 47.9 Å². The fraction of sp³-hybridized carbons (Fsp3) is 0.421. The van der Waals surface area contributed by atoms with Gasteiger partial charge in [0.2, 0.25) is 0 Å². The fourth-order valence-corrected chi connectivity index (χ4v) is 2.83. The second-order valence-corrected chi connectivity index (χ2v) is 5.90. The first-order valence-corrected chi connectivity index (χ1v) is 8.23. The van der Waals surface area contributed by atoms with Gasteiger partial charge in [-0.15, -0.1) is 0 Å². The number of nitrogens with zero attached hydrogens (tertiary/aromatic N) is 1. The van der Waals surface area contributed by atoms with Gasteiger partial charge in [-0.1, -0.05) is 19.8 Å². The van der Waals surface area contributed by atoms with Crippen LogP contribution in [0, 0.1) is 19.7 Å². The van der Waals surface area contributed by atoms with E-state index in [1.54, 1.807) is 12.1 Å². The third kappa shape index (κ3) is 4.29. The number of Topliss-reactive ketones (excluding diaryl/α,β-unsaturated/α-hetero) is 1. The maximum absolute atomic E-state index is 13.1. The number of hydrogen-bond acceptors (Lipinski definition) is 2. The molecule has 0 fully saturated rings. The number of aromatic nitrogens is 1. The molecular weight excluding hydrogens is 291 g/mol. The largest absolute Gasteiger partial charge is 0.318 e. The van der Waals surface area contributed by atoms with Crippen molar-refractivity contribution in [3.8, 4) is 5.69 Å². The van der Waals surface area contributed by atoms with Crippen LogP contribution in [-0.4, -0.2) is 23.4 Å². The minimum Gasteiger partial charge on any atom is -0.318 e. The van der Waals surface area contributed by atoms with Gasteiger partial charge in [-0.3, -0.25) is 4.79 Å². The Morgan fingerprint density at radius 2 is 1.87 bits per heavy atom. The van der Waals surface area contributed by atoms with Crippen molar-refractivity contribution < 1.29 is 9.18 Å². The van der Waals surface area contributed by atoms with E-state index in [4.69, 9.17) is 0 Å². The van der Waals surface area contributed by atoms with Crippen molar-refractivity contribution in [2.24, 2.45) is 0 Å². The second kappa shape index (κ2) is 8.06. The molecule has 0 aliphatic carbocycles. The predicted molar refractivity (Wildman–Crippen MR) is 91.9 cm³/mol. The summed E-state index contributed by atoms with van der Waals surface area (Å²) >= 11 is 0. The number of benzene rings is 1. The zero-order valence-electron chi connectivity index (χ0n) is 14.2. The Balaban J connectivity index is 2.11. The summed E-state index contributed by atoms with van der Waals surface area (Å²) in [5.41, 5.74) is 3.48. The van der Waals surface area contributed by atoms with E-state index in [9.17, 15) is 9.18 Å². The van der Waals surface area contributed by atoms with Gasteiger partial charge in [0.15, 0.2) is 5.78 Å². The van der Waals surface area contributed by atoms with E-state index < -0.39 is 0 Å². The number of carbonyl (C=O) groups excluding carboxylic acids is 1. The number of carbonyl (C=O) groups is 1. The molecule has 3 nitrogen and oxygen atoms in total. The molecule has 0 saturated heterocycles. The van der Waals surface area contributed by atoms with Crippen LogP contribution in [-0.2, 0) is 0 Å². The number of halogens is 1. The Morgan fingerprint density at radius 3 is 2.52 bits per heavy atom. The standard InChI is InChI=1S/C19H25FN2O/c1-4-5-6-11-21-13-19(23)18-12-14(2)22(15(18)3)17-9-7-16(20)8-10-17/h7-10,12,21H,4-6,11,13H2,1-3H3. The van der Waals surface area contributed by atoms with E-state index >= 15 is 0 Å². The van der Waals surface area contributed by atoms with Crippen molar-refractivity contribution in [3.05, 3.63) is 53.1 Å². The Bertz CT molecular complexity index is 659. The van der Waals surface area contributed by atoms with Crippen molar-refractivity contribution in [1.82, 2.24) is 9.88 Å². The van der Waals surface area contributed by atoms with Crippen LogP contribution in [0.3, 0.4) is 0 Å². The number of rotatable bonds is 8. The highest BCUT2D eigenvalue weighted by Gasteiger charge is 2.16. The van der Waals surface area contributed by atoms with Gasteiger partial charge in [-0.05, 0) is 57.1 Å². The van der Waals surface area contributed by atoms with Gasteiger partial charge >= 0.3 is 0 Å². The first-order valence-electron chi connectivity index (χ1n) is 8.23. The van der Waals surface area contributed by atoms with E-state index in [0.29, 0.717) is 6.54 Å². The molecule has 1 N–H and O–H groups in total. The van der Waals surface area contributed by atoms with Gasteiger partial charge in [0, 0.05) is 22.6 Å². The molecule has 0 spiro atoms. The third-order valence-corrected chi connectivity index (χ3v) is 4.06. The van der Waals surface area contributed by atoms with Gasteiger partial charge in [-0.2, -0.15) is 0 Å². The van der Waals surface area contributed by atoms with E-state index in [1.165, 1.54) is 25.0 Å². The first kappa shape index (κ1) is 17.4. The lowest BCUT2D eigenvalue weighted by Gasteiger charge is -2.10. The summed E-state index contributed by atoms with van der Waals surface area (Å²) in [7, 11) is 0. The molecule has 1 aromatic carbocycles. The quantitative estimate of drug-likeness (QED) is 0.585. The maximum Gasteiger partial charge on any atom is 0.178 e. The molecule has 2 aromatic rings. The molecule has 1 aromatic heterocycles. The van der Waals surface area contributed by atoms with Crippen molar-refractivity contribution in [1.29, 1.82) is 0 Å². The molecule has 0 saturated carbocycles. The van der Waals surface area contributed by atoms with Crippen molar-refractivity contribution >= 4 is 5.78 Å². The van der Waals surface area contributed by atoms with Gasteiger partial charge in [0.1, 0.15) is 5.82 Å². The molecular formula is C19H25FN2O. The molecule has 23 heavy (non-hydrogen) atoms. The minimum absolute atomic E-state index is 0.1000. The second-order valence-electron chi connectivity index (χ2n) is 5.90. The molecule has 0 amide bonds. The molecule has 4 heteroatoms. The topological polar surface area (TPSA) is 34.0 Å². The minimum atomic E-state index is -0.260. The van der Waals surface area contributed by atoms with Crippen LogP contribution in [0.4, 0.5) is 4.39 Å². The molecule has 2 rings (SSSR count). The highest BCUT2D eigenvalue weighted by atomic mass is 19.1. The first-order chi connectivity index (χ1) is 11.0. The van der Waals surface area contributed by atoms with Crippen molar-refractivity contribution in [3.63, 3.8) is 0 Å². The number of nitrogens with one attached hydrogen (secondary N) is 1. The summed E-state index contributed by atoms with van der Waals surface area (Å²) in [6.07, 6.45) is 3.45. The van der Waals surface area contributed by atoms with Crippen LogP contribution in [0.5, 0.6) is 0 Å². The fourth-order valence-electron chi connectivity index (χ4n) is 2.83. The van der Waals surface area contributed by atoms with Crippen LogP contribution >= 0.6 is 0 Å². The van der Waals surface area contributed by atoms with Crippen LogP contribution in [0.2, 0.25) is 0 Å². The van der Waals surface area contributed by atoms with Crippen molar-refractivity contribution in [2.45, 2.75) is 40.0 Å². The van der Waals surface area contributed by atoms with E-state index in [2.05, 4.69) is 12.2 Å². The Hall–Kier alpha value is -1.94. The highest BCUT2D eigenvalue weighted by Crippen LogP contribution is 2.21. The van der Waals surface area contributed by atoms with Crippen molar-refractivity contribution in [2.75, 3.05) is 13.1 Å². The van der Waals surface area contributed by atoms with Crippen LogP contribution in [0.25, 0.3) is 5.69 Å². The lowest BCUT2D eigenvalue weighted by Crippen LogP contribution is -2.24. The van der Waals surface area contributed by atoms with E-state index in [1.807, 2.05) is 24.5 Å². The van der Waals surface area contributed by atoms with Gasteiger partial charge in [0.25, 0.3) is 0 Å². The summed E-state index contributed by atoms with van der Waals surface area (Å²) in [4.78, 5) is 12.4. The summed E-state index contributed by atoms with van der Waals surface area (Å²) < 4.78 is 15.1. The molecule has 0 aliphatic heterocycles. The molecule has 0 atom stereocenters. The average molecular weight is 316 g/mol. The van der Waals surface area contributed by atoms with Crippen LogP contribution in [0.15, 0.2) is 30.3 Å². The molecule has 0 unspecified atom stereocenters. The highest BCUT2D eigenvalue weighted by molar-refractivity contribution is 5.99. The molecule has 124 valence electrons. The Morgan fingerprint density at radius 1 is 1.17 bits per heavy atom. The lowest BCUT2D eigenvalue weighted by atomic mass is 10.1. The van der Waals surface area contributed by atoms with Gasteiger partial charge in [0.05, 0.1) is 6.54 Å². The summed E-state index contributed by atoms with van der Waals surface area (Å²) in [6, 6.07) is 8.24. The van der Waals surface area contributed by atoms with Gasteiger partial charge in [-0.25, -0.2) is 4.39 Å². The van der Waals surface area contributed by atoms with Crippen LogP contribution < -0.4 is 5.32 Å². The summed E-state index contributed by atoms with van der Waals surface area (Å²) in [5.74, 6) is -0.160. The monoisotopic (exact) mass is 316 g/mol. The number of ketones is 1. The van der Waals surface area contributed by atoms with E-state index in [-0.39, 0.29) is 11.6 Å². The Kier molecular flexibility index (Phi) is 6.11. The number of aryl methyl sites for hydroxylation is 1. The van der Waals surface area contributed by atoms with E-state index in [0.717, 1.165) is 35.6 Å². The SMILES string of the molecule is CCCCCNCC(=O)c1cc(C)n(-c2ccc(F)cc2)c1C. The zero-order valence-corrected chi connectivity index (χ0v) is 14.2. The lowest BCUT2D eigenvalue weighted by molar-refractivity contribution is 0.0990. The third-order valence-electron chi connectivity index (χ3n) is 4.06.